The highest BCUT2D eigenvalue weighted by molar-refractivity contribution is 6.06. The maximum absolute atomic E-state index is 13.0. The minimum Gasteiger partial charge on any atom is -0.484 e. The van der Waals surface area contributed by atoms with Crippen LogP contribution in [0.5, 0.6) is 5.75 Å². The topological polar surface area (TPSA) is 145 Å². The largest absolute Gasteiger partial charge is 0.484 e. The summed E-state index contributed by atoms with van der Waals surface area (Å²) in [5, 5.41) is 10.0. The van der Waals surface area contributed by atoms with Crippen molar-refractivity contribution in [1.29, 1.82) is 0 Å². The quantitative estimate of drug-likeness (QED) is 0.331. The van der Waals surface area contributed by atoms with E-state index in [1.807, 2.05) is 0 Å². The van der Waals surface area contributed by atoms with Gasteiger partial charge in [-0.2, -0.15) is 0 Å². The fraction of sp³-hybridized carbons (Fsp3) is 0.478. The Labute approximate surface area is 191 Å². The summed E-state index contributed by atoms with van der Waals surface area (Å²) in [5.41, 5.74) is 5.49. The van der Waals surface area contributed by atoms with Crippen LogP contribution in [0.25, 0.3) is 5.57 Å². The molecule has 0 bridgehead atoms. The van der Waals surface area contributed by atoms with E-state index in [1.165, 1.54) is 11.8 Å². The zero-order valence-corrected chi connectivity index (χ0v) is 19.0. The van der Waals surface area contributed by atoms with E-state index in [0.717, 1.165) is 0 Å². The number of fused-ring (bicyclic) bond motifs is 1. The molecule has 10 heteroatoms. The smallest absolute Gasteiger partial charge is 0.358 e. The Morgan fingerprint density at radius 1 is 1.24 bits per heavy atom. The molecule has 0 saturated carbocycles. The highest BCUT2D eigenvalue weighted by Gasteiger charge is 2.57. The highest BCUT2D eigenvalue weighted by atomic mass is 16.7. The molecular formula is C23H28N2O8. The van der Waals surface area contributed by atoms with Gasteiger partial charge in [-0.25, -0.2) is 4.79 Å². The number of ether oxygens (including phenoxy) is 3. The van der Waals surface area contributed by atoms with E-state index >= 15 is 0 Å². The number of carbonyl (C=O) groups excluding carboxylic acids is 4. The Balaban J connectivity index is 1.87. The summed E-state index contributed by atoms with van der Waals surface area (Å²) in [4.78, 5) is 49.9. The lowest BCUT2D eigenvalue weighted by Gasteiger charge is -2.44. The molecule has 0 radical (unpaired) electrons. The summed E-state index contributed by atoms with van der Waals surface area (Å²) >= 11 is 0. The first-order chi connectivity index (χ1) is 15.4. The molecule has 3 rings (SSSR count). The Morgan fingerprint density at radius 2 is 1.94 bits per heavy atom. The van der Waals surface area contributed by atoms with E-state index in [1.54, 1.807) is 45.0 Å². The van der Waals surface area contributed by atoms with Crippen LogP contribution in [0.15, 0.2) is 30.0 Å². The fourth-order valence-electron chi connectivity index (χ4n) is 3.87. The summed E-state index contributed by atoms with van der Waals surface area (Å²) in [7, 11) is 0. The van der Waals surface area contributed by atoms with E-state index in [-0.39, 0.29) is 18.2 Å². The second kappa shape index (κ2) is 9.22. The first-order valence-corrected chi connectivity index (χ1v) is 10.5. The lowest BCUT2D eigenvalue weighted by molar-refractivity contribution is -0.175. The SMILES string of the molecule is C[C@@H](O)[C@H]1C(=O)N2C(C(=O)OCOC(=O)C(C)(C)C)=C(c3cccc(OCC(N)=O)c3)C[C@H]12. The van der Waals surface area contributed by atoms with Crippen LogP contribution < -0.4 is 10.5 Å². The maximum Gasteiger partial charge on any atom is 0.358 e. The number of hydrogen-bond acceptors (Lipinski definition) is 8. The second-order valence-corrected chi connectivity index (χ2v) is 9.09. The molecule has 2 amide bonds. The van der Waals surface area contributed by atoms with Crippen LogP contribution >= 0.6 is 0 Å². The van der Waals surface area contributed by atoms with E-state index in [0.29, 0.717) is 23.3 Å². The predicted octanol–water partition coefficient (Wildman–Crippen LogP) is 0.963. The Kier molecular flexibility index (Phi) is 6.78. The number of esters is 2. The first-order valence-electron chi connectivity index (χ1n) is 10.5. The molecule has 2 aliphatic heterocycles. The number of amides is 2. The summed E-state index contributed by atoms with van der Waals surface area (Å²) in [5.74, 6) is -2.66. The zero-order valence-electron chi connectivity index (χ0n) is 19.0. The van der Waals surface area contributed by atoms with Gasteiger partial charge < -0.3 is 30.0 Å². The van der Waals surface area contributed by atoms with Gasteiger partial charge in [0.05, 0.1) is 23.5 Å². The molecule has 178 valence electrons. The van der Waals surface area contributed by atoms with Crippen molar-refractivity contribution in [1.82, 2.24) is 4.90 Å². The van der Waals surface area contributed by atoms with Gasteiger partial charge in [-0.3, -0.25) is 14.4 Å². The van der Waals surface area contributed by atoms with Gasteiger partial charge in [-0.1, -0.05) is 12.1 Å². The van der Waals surface area contributed by atoms with Gasteiger partial charge >= 0.3 is 11.9 Å². The van der Waals surface area contributed by atoms with E-state index in [4.69, 9.17) is 19.9 Å². The molecule has 3 N–H and O–H groups in total. The molecule has 33 heavy (non-hydrogen) atoms. The van der Waals surface area contributed by atoms with Crippen LogP contribution in [-0.4, -0.2) is 59.3 Å². The van der Waals surface area contributed by atoms with Gasteiger partial charge in [-0.15, -0.1) is 0 Å². The number of benzene rings is 1. The molecular weight excluding hydrogens is 432 g/mol. The van der Waals surface area contributed by atoms with Gasteiger partial charge in [0.25, 0.3) is 5.91 Å². The molecule has 1 aromatic rings. The van der Waals surface area contributed by atoms with Crippen LogP contribution in [0.4, 0.5) is 0 Å². The van der Waals surface area contributed by atoms with Crippen molar-refractivity contribution in [3.63, 3.8) is 0 Å². The average Bonchev–Trinajstić information content (AvgIpc) is 3.06. The number of hydrogen-bond donors (Lipinski definition) is 2. The van der Waals surface area contributed by atoms with Crippen LogP contribution in [0, 0.1) is 11.3 Å². The van der Waals surface area contributed by atoms with Gasteiger partial charge in [0.15, 0.2) is 6.61 Å². The standard InChI is InChI=1S/C23H28N2O8/c1-12(26)18-16-9-15(13-6-5-7-14(8-13)31-10-17(24)27)19(25(16)20(18)28)21(29)32-11-33-22(30)23(2,3)4/h5-8,12,16,18,26H,9-11H2,1-4H3,(H2,24,27)/t12-,16-,18-/m1/s1. The first kappa shape index (κ1) is 24.2. The summed E-state index contributed by atoms with van der Waals surface area (Å²) in [6.07, 6.45) is -0.569. The lowest BCUT2D eigenvalue weighted by atomic mass is 9.82. The van der Waals surface area contributed by atoms with Gasteiger partial charge in [-0.05, 0) is 57.4 Å². The minimum absolute atomic E-state index is 0.0285. The molecule has 1 aromatic carbocycles. The van der Waals surface area contributed by atoms with Crippen LogP contribution in [0.3, 0.4) is 0 Å². The van der Waals surface area contributed by atoms with E-state index in [9.17, 15) is 24.3 Å². The highest BCUT2D eigenvalue weighted by Crippen LogP contribution is 2.47. The third-order valence-electron chi connectivity index (χ3n) is 5.48. The van der Waals surface area contributed by atoms with Gasteiger partial charge in [0, 0.05) is 0 Å². The molecule has 0 unspecified atom stereocenters. The van der Waals surface area contributed by atoms with Crippen molar-refractivity contribution >= 4 is 29.3 Å². The molecule has 0 aliphatic carbocycles. The van der Waals surface area contributed by atoms with Crippen molar-refractivity contribution in [2.45, 2.75) is 46.3 Å². The fourth-order valence-corrected chi connectivity index (χ4v) is 3.87. The van der Waals surface area contributed by atoms with Gasteiger partial charge in [0.2, 0.25) is 12.7 Å². The normalized spacial score (nSPS) is 20.6. The zero-order chi connectivity index (χ0) is 24.5. The Morgan fingerprint density at radius 3 is 2.55 bits per heavy atom. The number of rotatable bonds is 8. The third kappa shape index (κ3) is 5.00. The molecule has 0 aromatic heterocycles. The van der Waals surface area contributed by atoms with Gasteiger partial charge in [0.1, 0.15) is 11.4 Å². The average molecular weight is 460 g/mol. The number of nitrogens with zero attached hydrogens (tertiary/aromatic N) is 1. The van der Waals surface area contributed by atoms with E-state index < -0.39 is 48.1 Å². The summed E-state index contributed by atoms with van der Waals surface area (Å²) in [6.45, 7) is 5.62. The van der Waals surface area contributed by atoms with Crippen molar-refractivity contribution in [2.24, 2.45) is 17.1 Å². The molecule has 10 nitrogen and oxygen atoms in total. The van der Waals surface area contributed by atoms with Crippen molar-refractivity contribution in [2.75, 3.05) is 13.4 Å². The Bertz CT molecular complexity index is 1010. The molecule has 2 aliphatic rings. The summed E-state index contributed by atoms with van der Waals surface area (Å²) < 4.78 is 15.5. The number of aliphatic hydroxyl groups excluding tert-OH is 1. The molecule has 1 saturated heterocycles. The lowest BCUT2D eigenvalue weighted by Crippen LogP contribution is -2.61. The number of β-lactam (4-membered cyclic amide) rings is 1. The molecule has 3 atom stereocenters. The molecule has 1 fully saturated rings. The number of carbonyl (C=O) groups is 4. The maximum atomic E-state index is 13.0. The Hall–Kier alpha value is -3.40. The van der Waals surface area contributed by atoms with Crippen molar-refractivity contribution in [3.8, 4) is 5.75 Å². The van der Waals surface area contributed by atoms with E-state index in [2.05, 4.69) is 0 Å². The minimum atomic E-state index is -0.881. The predicted molar refractivity (Wildman–Crippen MR) is 115 cm³/mol. The molecule has 0 spiro atoms. The van der Waals surface area contributed by atoms with Crippen molar-refractivity contribution in [3.05, 3.63) is 35.5 Å². The second-order valence-electron chi connectivity index (χ2n) is 9.09. The number of aliphatic hydroxyl groups is 1. The van der Waals surface area contributed by atoms with Crippen LogP contribution in [0.2, 0.25) is 0 Å². The van der Waals surface area contributed by atoms with Crippen LogP contribution in [-0.2, 0) is 28.7 Å². The monoisotopic (exact) mass is 460 g/mol. The van der Waals surface area contributed by atoms with Crippen molar-refractivity contribution < 1.29 is 38.5 Å². The summed E-state index contributed by atoms with van der Waals surface area (Å²) in [6, 6.07) is 6.26. The van der Waals surface area contributed by atoms with Crippen LogP contribution in [0.1, 0.15) is 39.7 Å². The third-order valence-corrected chi connectivity index (χ3v) is 5.48. The number of primary amides is 1. The molecule has 2 heterocycles. The number of nitrogens with two attached hydrogens (primary N) is 1.